The Morgan fingerprint density at radius 3 is 2.57 bits per heavy atom. The average molecular weight is 435 g/mol. The van der Waals surface area contributed by atoms with E-state index in [4.69, 9.17) is 4.74 Å². The van der Waals surface area contributed by atoms with Gasteiger partial charge in [-0.15, -0.1) is 11.3 Å². The highest BCUT2D eigenvalue weighted by Crippen LogP contribution is 2.31. The van der Waals surface area contributed by atoms with E-state index in [0.29, 0.717) is 5.69 Å². The number of carbonyl (C=O) groups excluding carboxylic acids is 2. The number of benzene rings is 1. The maximum Gasteiger partial charge on any atom is 0.416 e. The summed E-state index contributed by atoms with van der Waals surface area (Å²) in [5.41, 5.74) is 4.98. The first-order valence-corrected chi connectivity index (χ1v) is 9.53. The third-order valence-corrected chi connectivity index (χ3v) is 4.84. The highest BCUT2D eigenvalue weighted by atomic mass is 32.1. The summed E-state index contributed by atoms with van der Waals surface area (Å²) < 4.78 is 43.1. The Morgan fingerprint density at radius 2 is 1.90 bits per heavy atom. The molecule has 0 saturated heterocycles. The van der Waals surface area contributed by atoms with Crippen molar-refractivity contribution < 1.29 is 27.5 Å². The molecule has 0 fully saturated rings. The van der Waals surface area contributed by atoms with Crippen LogP contribution < -0.4 is 15.6 Å². The Hall–Kier alpha value is -3.40. The number of nitrogens with zero attached hydrogens (tertiary/aromatic N) is 1. The van der Waals surface area contributed by atoms with E-state index in [9.17, 15) is 22.8 Å². The third-order valence-electron chi connectivity index (χ3n) is 3.95. The summed E-state index contributed by atoms with van der Waals surface area (Å²) in [6, 6.07) is 11.3. The Bertz CT molecular complexity index is 1050. The van der Waals surface area contributed by atoms with E-state index in [1.165, 1.54) is 23.5 Å². The summed E-state index contributed by atoms with van der Waals surface area (Å²) in [6.07, 6.45) is -4.51. The Kier molecular flexibility index (Phi) is 6.36. The highest BCUT2D eigenvalue weighted by Gasteiger charge is 2.30. The quantitative estimate of drug-likeness (QED) is 0.595. The van der Waals surface area contributed by atoms with Crippen LogP contribution in [0.1, 0.15) is 21.6 Å². The van der Waals surface area contributed by atoms with Crippen LogP contribution in [-0.4, -0.2) is 23.4 Å². The summed E-state index contributed by atoms with van der Waals surface area (Å²) in [5.74, 6) is -1.43. The number of alkyl halides is 3. The number of carbonyl (C=O) groups is 2. The lowest BCUT2D eigenvalue weighted by molar-refractivity contribution is -0.137. The zero-order chi connectivity index (χ0) is 21.7. The van der Waals surface area contributed by atoms with Gasteiger partial charge in [0, 0.05) is 0 Å². The number of thiophene rings is 1. The summed E-state index contributed by atoms with van der Waals surface area (Å²) in [4.78, 5) is 29.5. The molecule has 2 heterocycles. The zero-order valence-corrected chi connectivity index (χ0v) is 16.4. The number of amides is 2. The van der Waals surface area contributed by atoms with Crippen LogP contribution in [0, 0.1) is 6.92 Å². The van der Waals surface area contributed by atoms with Gasteiger partial charge in [-0.2, -0.15) is 13.2 Å². The lowest BCUT2D eigenvalue weighted by Crippen LogP contribution is -2.44. The Labute approximate surface area is 173 Å². The molecule has 0 atom stereocenters. The number of hydrazine groups is 1. The smallest absolute Gasteiger partial charge is 0.416 e. The molecule has 2 amide bonds. The van der Waals surface area contributed by atoms with Crippen LogP contribution in [0.25, 0.3) is 10.6 Å². The van der Waals surface area contributed by atoms with Gasteiger partial charge in [-0.05, 0) is 48.7 Å². The molecule has 0 aliphatic heterocycles. The van der Waals surface area contributed by atoms with Crippen molar-refractivity contribution in [3.05, 3.63) is 70.7 Å². The van der Waals surface area contributed by atoms with Crippen molar-refractivity contribution in [2.45, 2.75) is 13.1 Å². The van der Waals surface area contributed by atoms with Crippen molar-refractivity contribution in [2.24, 2.45) is 0 Å². The number of aryl methyl sites for hydroxylation is 1. The van der Waals surface area contributed by atoms with Crippen molar-refractivity contribution in [1.29, 1.82) is 0 Å². The first kappa shape index (κ1) is 21.3. The average Bonchev–Trinajstić information content (AvgIpc) is 3.25. The van der Waals surface area contributed by atoms with Crippen LogP contribution in [0.3, 0.4) is 0 Å². The maximum atomic E-state index is 12.7. The SMILES string of the molecule is Cc1nc(-c2cccs2)ccc1C(=O)NNC(=O)COc1cccc(C(F)(F)F)c1. The minimum Gasteiger partial charge on any atom is -0.484 e. The molecule has 2 N–H and O–H groups in total. The van der Waals surface area contributed by atoms with Crippen LogP contribution >= 0.6 is 11.3 Å². The molecule has 0 unspecified atom stereocenters. The van der Waals surface area contributed by atoms with Crippen LogP contribution in [0.2, 0.25) is 0 Å². The predicted molar refractivity (Wildman–Crippen MR) is 105 cm³/mol. The second-order valence-corrected chi connectivity index (χ2v) is 7.07. The number of ether oxygens (including phenoxy) is 1. The van der Waals surface area contributed by atoms with Crippen molar-refractivity contribution in [2.75, 3.05) is 6.61 Å². The molecule has 156 valence electrons. The molecular weight excluding hydrogens is 419 g/mol. The number of pyridine rings is 1. The monoisotopic (exact) mass is 435 g/mol. The summed E-state index contributed by atoms with van der Waals surface area (Å²) >= 11 is 1.52. The van der Waals surface area contributed by atoms with Crippen molar-refractivity contribution >= 4 is 23.2 Å². The molecule has 10 heteroatoms. The van der Waals surface area contributed by atoms with Gasteiger partial charge in [0.15, 0.2) is 6.61 Å². The largest absolute Gasteiger partial charge is 0.484 e. The predicted octanol–water partition coefficient (Wildman–Crippen LogP) is 3.98. The molecule has 3 rings (SSSR count). The van der Waals surface area contributed by atoms with Gasteiger partial charge in [0.2, 0.25) is 0 Å². The van der Waals surface area contributed by atoms with Gasteiger partial charge in [-0.25, -0.2) is 0 Å². The summed E-state index contributed by atoms with van der Waals surface area (Å²) in [7, 11) is 0. The molecule has 0 spiro atoms. The van der Waals surface area contributed by atoms with Crippen molar-refractivity contribution in [3.8, 4) is 16.3 Å². The van der Waals surface area contributed by atoms with Crippen LogP contribution in [-0.2, 0) is 11.0 Å². The van der Waals surface area contributed by atoms with Gasteiger partial charge in [0.25, 0.3) is 11.8 Å². The Morgan fingerprint density at radius 1 is 1.10 bits per heavy atom. The van der Waals surface area contributed by atoms with Gasteiger partial charge in [-0.3, -0.25) is 25.4 Å². The molecule has 0 aliphatic carbocycles. The van der Waals surface area contributed by atoms with Crippen LogP contribution in [0.4, 0.5) is 13.2 Å². The fourth-order valence-corrected chi connectivity index (χ4v) is 3.20. The number of hydrogen-bond acceptors (Lipinski definition) is 5. The van der Waals surface area contributed by atoms with E-state index < -0.39 is 30.2 Å². The van der Waals surface area contributed by atoms with Crippen molar-refractivity contribution in [1.82, 2.24) is 15.8 Å². The van der Waals surface area contributed by atoms with Crippen molar-refractivity contribution in [3.63, 3.8) is 0 Å². The van der Waals surface area contributed by atoms with E-state index in [1.54, 1.807) is 19.1 Å². The normalized spacial score (nSPS) is 11.1. The first-order chi connectivity index (χ1) is 14.2. The maximum absolute atomic E-state index is 12.7. The topological polar surface area (TPSA) is 80.3 Å². The van der Waals surface area contributed by atoms with Crippen LogP contribution in [0.5, 0.6) is 5.75 Å². The highest BCUT2D eigenvalue weighted by molar-refractivity contribution is 7.13. The molecule has 3 aromatic rings. The third kappa shape index (κ3) is 5.35. The second kappa shape index (κ2) is 8.95. The molecule has 0 aliphatic rings. The molecule has 0 radical (unpaired) electrons. The number of aromatic nitrogens is 1. The fourth-order valence-electron chi connectivity index (χ4n) is 2.50. The number of rotatable bonds is 5. The van der Waals surface area contributed by atoms with E-state index in [1.807, 2.05) is 17.5 Å². The molecule has 0 bridgehead atoms. The van der Waals surface area contributed by atoms with E-state index in [-0.39, 0.29) is 11.3 Å². The van der Waals surface area contributed by atoms with Gasteiger partial charge in [0.05, 0.1) is 27.4 Å². The lowest BCUT2D eigenvalue weighted by Gasteiger charge is -2.11. The second-order valence-electron chi connectivity index (χ2n) is 6.12. The molecule has 1 aromatic carbocycles. The molecule has 30 heavy (non-hydrogen) atoms. The minimum absolute atomic E-state index is 0.115. The molecule has 0 saturated carbocycles. The van der Waals surface area contributed by atoms with Gasteiger partial charge in [0.1, 0.15) is 5.75 Å². The minimum atomic E-state index is -4.51. The first-order valence-electron chi connectivity index (χ1n) is 8.65. The van der Waals surface area contributed by atoms with E-state index >= 15 is 0 Å². The van der Waals surface area contributed by atoms with Gasteiger partial charge in [-0.1, -0.05) is 12.1 Å². The number of halogens is 3. The molecule has 2 aromatic heterocycles. The van der Waals surface area contributed by atoms with Gasteiger partial charge >= 0.3 is 6.18 Å². The van der Waals surface area contributed by atoms with E-state index in [2.05, 4.69) is 15.8 Å². The lowest BCUT2D eigenvalue weighted by atomic mass is 10.1. The zero-order valence-electron chi connectivity index (χ0n) is 15.6. The fraction of sp³-hybridized carbons (Fsp3) is 0.150. The summed E-state index contributed by atoms with van der Waals surface area (Å²) in [5, 5.41) is 1.92. The van der Waals surface area contributed by atoms with E-state index in [0.717, 1.165) is 22.7 Å². The number of hydrogen-bond donors (Lipinski definition) is 2. The van der Waals surface area contributed by atoms with Gasteiger partial charge < -0.3 is 4.74 Å². The molecule has 6 nitrogen and oxygen atoms in total. The standard InChI is InChI=1S/C20H16F3N3O3S/c1-12-15(7-8-16(24-12)17-6-3-9-30-17)19(28)26-25-18(27)11-29-14-5-2-4-13(10-14)20(21,22)23/h2-10H,11H2,1H3,(H,25,27)(H,26,28). The van der Waals surface area contributed by atoms with Crippen LogP contribution in [0.15, 0.2) is 53.9 Å². The molecular formula is C20H16F3N3O3S. The Balaban J connectivity index is 1.53. The summed E-state index contributed by atoms with van der Waals surface area (Å²) in [6.45, 7) is 1.10. The number of nitrogens with one attached hydrogen (secondary N) is 2.